The van der Waals surface area contributed by atoms with Crippen LogP contribution in [0.3, 0.4) is 0 Å². The lowest BCUT2D eigenvalue weighted by Crippen LogP contribution is -2.38. The van der Waals surface area contributed by atoms with Crippen LogP contribution in [0.5, 0.6) is 5.75 Å². The molecule has 0 bridgehead atoms. The number of hydrogen-bond acceptors (Lipinski definition) is 4. The molecule has 0 atom stereocenters. The van der Waals surface area contributed by atoms with Crippen molar-refractivity contribution in [1.82, 2.24) is 9.88 Å². The Morgan fingerprint density at radius 1 is 1.10 bits per heavy atom. The van der Waals surface area contributed by atoms with Gasteiger partial charge in [-0.05, 0) is 43.4 Å². The normalized spacial score (nSPS) is 13.6. The molecule has 3 N–H and O–H groups in total. The third-order valence-electron chi connectivity index (χ3n) is 5.00. The zero-order chi connectivity index (χ0) is 22.1. The Hall–Kier alpha value is -3.30. The highest BCUT2D eigenvalue weighted by atomic mass is 19.4. The first-order chi connectivity index (χ1) is 14.1. The fourth-order valence-electron chi connectivity index (χ4n) is 3.55. The van der Waals surface area contributed by atoms with Crippen LogP contribution in [0.15, 0.2) is 29.1 Å². The number of carbonyl (C=O) groups is 2. The molecule has 0 saturated carbocycles. The molecule has 3 rings (SSSR count). The number of carboxylic acids is 1. The lowest BCUT2D eigenvalue weighted by atomic mass is 9.92. The van der Waals surface area contributed by atoms with Crippen LogP contribution in [-0.2, 0) is 30.4 Å². The summed E-state index contributed by atoms with van der Waals surface area (Å²) in [5, 5.41) is 21.3. The van der Waals surface area contributed by atoms with E-state index in [0.29, 0.717) is 29.7 Å². The summed E-state index contributed by atoms with van der Waals surface area (Å²) in [6, 6.07) is 4.32. The van der Waals surface area contributed by atoms with Crippen LogP contribution in [0.2, 0.25) is 0 Å². The predicted molar refractivity (Wildman–Crippen MR) is 99.5 cm³/mol. The van der Waals surface area contributed by atoms with Crippen molar-refractivity contribution in [3.8, 4) is 5.75 Å². The number of carbonyl (C=O) groups excluding carboxylic acids is 1. The van der Waals surface area contributed by atoms with Gasteiger partial charge in [0.1, 0.15) is 17.9 Å². The minimum atomic E-state index is -4.48. The van der Waals surface area contributed by atoms with Gasteiger partial charge in [0.25, 0.3) is 11.5 Å². The molecule has 1 aliphatic rings. The van der Waals surface area contributed by atoms with E-state index in [4.69, 9.17) is 5.11 Å². The van der Waals surface area contributed by atoms with Crippen LogP contribution in [0.1, 0.15) is 45.6 Å². The van der Waals surface area contributed by atoms with Crippen LogP contribution in [-0.4, -0.2) is 33.2 Å². The standard InChI is InChI=1S/C20H19F3N2O5/c21-20(22,23)12-7-5-11(6-8-12)10-25-14-4-2-1-3-13(14)17(28)16(19(25)30)18(29)24-9-15(26)27/h5-8,28H,1-4,9-10H2,(H,24,29)(H,26,27). The number of rotatable bonds is 5. The van der Waals surface area contributed by atoms with Crippen molar-refractivity contribution in [3.05, 3.63) is 62.6 Å². The average molecular weight is 424 g/mol. The Kier molecular flexibility index (Phi) is 5.86. The Balaban J connectivity index is 2.05. The molecule has 1 aliphatic carbocycles. The van der Waals surface area contributed by atoms with Crippen molar-refractivity contribution in [1.29, 1.82) is 0 Å². The molecule has 10 heteroatoms. The van der Waals surface area contributed by atoms with E-state index in [1.54, 1.807) is 0 Å². The second-order valence-electron chi connectivity index (χ2n) is 7.02. The minimum Gasteiger partial charge on any atom is -0.507 e. The molecular weight excluding hydrogens is 405 g/mol. The highest BCUT2D eigenvalue weighted by Gasteiger charge is 2.30. The molecule has 1 aromatic carbocycles. The molecule has 7 nitrogen and oxygen atoms in total. The van der Waals surface area contributed by atoms with Gasteiger partial charge in [-0.1, -0.05) is 12.1 Å². The third-order valence-corrected chi connectivity index (χ3v) is 5.00. The van der Waals surface area contributed by atoms with Crippen molar-refractivity contribution in [2.75, 3.05) is 6.54 Å². The van der Waals surface area contributed by atoms with E-state index in [2.05, 4.69) is 5.32 Å². The molecule has 0 radical (unpaired) electrons. The van der Waals surface area contributed by atoms with Gasteiger partial charge in [0.15, 0.2) is 0 Å². The van der Waals surface area contributed by atoms with Crippen LogP contribution < -0.4 is 10.9 Å². The van der Waals surface area contributed by atoms with Gasteiger partial charge in [0.05, 0.1) is 12.1 Å². The first kappa shape index (κ1) is 21.4. The number of halogens is 3. The molecule has 160 valence electrons. The van der Waals surface area contributed by atoms with Gasteiger partial charge in [-0.3, -0.25) is 14.4 Å². The molecule has 1 amide bonds. The topological polar surface area (TPSA) is 109 Å². The maximum atomic E-state index is 13.0. The molecular formula is C20H19F3N2O5. The molecule has 2 aromatic rings. The Labute approximate surface area is 168 Å². The van der Waals surface area contributed by atoms with Crippen molar-refractivity contribution >= 4 is 11.9 Å². The van der Waals surface area contributed by atoms with Crippen LogP contribution >= 0.6 is 0 Å². The summed E-state index contributed by atoms with van der Waals surface area (Å²) in [6.07, 6.45) is -2.11. The molecule has 1 heterocycles. The van der Waals surface area contributed by atoms with Crippen LogP contribution in [0.4, 0.5) is 13.2 Å². The smallest absolute Gasteiger partial charge is 0.416 e. The number of fused-ring (bicyclic) bond motifs is 1. The molecule has 0 unspecified atom stereocenters. The number of amides is 1. The third kappa shape index (κ3) is 4.32. The van der Waals surface area contributed by atoms with E-state index in [1.165, 1.54) is 16.7 Å². The number of hydrogen-bond donors (Lipinski definition) is 3. The van der Waals surface area contributed by atoms with Crippen LogP contribution in [0.25, 0.3) is 0 Å². The maximum Gasteiger partial charge on any atom is 0.416 e. The van der Waals surface area contributed by atoms with Gasteiger partial charge in [0, 0.05) is 11.3 Å². The van der Waals surface area contributed by atoms with E-state index < -0.39 is 47.0 Å². The summed E-state index contributed by atoms with van der Waals surface area (Å²) >= 11 is 0. The SMILES string of the molecule is O=C(O)CNC(=O)c1c(O)c2c(n(Cc3ccc(C(F)(F)F)cc3)c1=O)CCCC2. The van der Waals surface area contributed by atoms with Gasteiger partial charge in [-0.15, -0.1) is 0 Å². The predicted octanol–water partition coefficient (Wildman–Crippen LogP) is 2.31. The number of pyridine rings is 1. The summed E-state index contributed by atoms with van der Waals surface area (Å²) in [5.74, 6) is -2.80. The molecule has 0 aliphatic heterocycles. The Bertz CT molecular complexity index is 1040. The summed E-state index contributed by atoms with van der Waals surface area (Å²) in [7, 11) is 0. The van der Waals surface area contributed by atoms with E-state index in [1.807, 2.05) is 0 Å². The van der Waals surface area contributed by atoms with Gasteiger partial charge in [-0.25, -0.2) is 0 Å². The highest BCUT2D eigenvalue weighted by Crippen LogP contribution is 2.31. The monoisotopic (exact) mass is 424 g/mol. The molecule has 0 saturated heterocycles. The summed E-state index contributed by atoms with van der Waals surface area (Å²) in [4.78, 5) is 36.1. The number of nitrogens with one attached hydrogen (secondary N) is 1. The number of nitrogens with zero attached hydrogens (tertiary/aromatic N) is 1. The first-order valence-electron chi connectivity index (χ1n) is 9.23. The second-order valence-corrected chi connectivity index (χ2v) is 7.02. The summed E-state index contributed by atoms with van der Waals surface area (Å²) in [6.45, 7) is -0.813. The number of benzene rings is 1. The molecule has 0 spiro atoms. The van der Waals surface area contributed by atoms with E-state index in [0.717, 1.165) is 25.0 Å². The number of aromatic hydroxyl groups is 1. The fraction of sp³-hybridized carbons (Fsp3) is 0.350. The van der Waals surface area contributed by atoms with Crippen molar-refractivity contribution in [2.24, 2.45) is 0 Å². The van der Waals surface area contributed by atoms with Gasteiger partial charge >= 0.3 is 12.1 Å². The molecule has 1 aromatic heterocycles. The van der Waals surface area contributed by atoms with E-state index in [9.17, 15) is 32.7 Å². The molecule has 0 fully saturated rings. The zero-order valence-electron chi connectivity index (χ0n) is 15.8. The van der Waals surface area contributed by atoms with E-state index in [-0.39, 0.29) is 6.54 Å². The largest absolute Gasteiger partial charge is 0.507 e. The summed E-state index contributed by atoms with van der Waals surface area (Å²) in [5.41, 5.74) is -0.841. The lowest BCUT2D eigenvalue weighted by molar-refractivity contribution is -0.138. The number of aromatic nitrogens is 1. The number of aliphatic carboxylic acids is 1. The van der Waals surface area contributed by atoms with Crippen molar-refractivity contribution < 1.29 is 33.0 Å². The van der Waals surface area contributed by atoms with Crippen molar-refractivity contribution in [2.45, 2.75) is 38.4 Å². The number of carboxylic acid groups (broad SMARTS) is 1. The minimum absolute atomic E-state index is 0.0845. The Morgan fingerprint density at radius 3 is 2.33 bits per heavy atom. The Morgan fingerprint density at radius 2 is 1.73 bits per heavy atom. The average Bonchev–Trinajstić information content (AvgIpc) is 2.69. The second kappa shape index (κ2) is 8.21. The molecule has 30 heavy (non-hydrogen) atoms. The van der Waals surface area contributed by atoms with Crippen LogP contribution in [0, 0.1) is 0 Å². The quantitative estimate of drug-likeness (QED) is 0.683. The lowest BCUT2D eigenvalue weighted by Gasteiger charge is -2.24. The van der Waals surface area contributed by atoms with Crippen molar-refractivity contribution in [3.63, 3.8) is 0 Å². The van der Waals surface area contributed by atoms with Gasteiger partial charge in [-0.2, -0.15) is 13.2 Å². The van der Waals surface area contributed by atoms with Gasteiger partial charge < -0.3 is 20.1 Å². The number of alkyl halides is 3. The zero-order valence-corrected chi connectivity index (χ0v) is 15.8. The first-order valence-corrected chi connectivity index (χ1v) is 9.23. The maximum absolute atomic E-state index is 13.0. The summed E-state index contributed by atoms with van der Waals surface area (Å²) < 4.78 is 39.6. The van der Waals surface area contributed by atoms with E-state index >= 15 is 0 Å². The van der Waals surface area contributed by atoms with Gasteiger partial charge in [0.2, 0.25) is 0 Å². The fourth-order valence-corrected chi connectivity index (χ4v) is 3.55. The highest BCUT2D eigenvalue weighted by molar-refractivity contribution is 5.98.